The number of hydrogen-bond acceptors (Lipinski definition) is 4. The number of aromatic nitrogens is 4. The highest BCUT2D eigenvalue weighted by Gasteiger charge is 2.21. The van der Waals surface area contributed by atoms with Gasteiger partial charge in [-0.15, -0.1) is 10.2 Å². The van der Waals surface area contributed by atoms with Gasteiger partial charge in [-0.3, -0.25) is 0 Å². The van der Waals surface area contributed by atoms with Crippen LogP contribution in [-0.4, -0.2) is 33.3 Å². The molecule has 6 heteroatoms. The molecule has 1 aromatic heterocycles. The Hall–Kier alpha value is -1.46. The van der Waals surface area contributed by atoms with Crippen LogP contribution >= 0.6 is 11.6 Å². The molecular formula is C12H14ClN5. The van der Waals surface area contributed by atoms with Crippen LogP contribution < -0.4 is 5.32 Å². The van der Waals surface area contributed by atoms with Crippen LogP contribution in [0, 0.1) is 0 Å². The van der Waals surface area contributed by atoms with Crippen molar-refractivity contribution in [2.45, 2.75) is 18.9 Å². The molecule has 1 fully saturated rings. The summed E-state index contributed by atoms with van der Waals surface area (Å²) in [5.74, 6) is 1.25. The van der Waals surface area contributed by atoms with Gasteiger partial charge in [0.05, 0.1) is 6.54 Å². The molecule has 0 aliphatic carbocycles. The molecule has 0 radical (unpaired) electrons. The van der Waals surface area contributed by atoms with E-state index >= 15 is 0 Å². The summed E-state index contributed by atoms with van der Waals surface area (Å²) in [5, 5.41) is 16.7. The van der Waals surface area contributed by atoms with Crippen LogP contribution in [0.2, 0.25) is 5.02 Å². The third kappa shape index (κ3) is 2.52. The molecule has 0 spiro atoms. The predicted octanol–water partition coefficient (Wildman–Crippen LogP) is 1.45. The van der Waals surface area contributed by atoms with Crippen molar-refractivity contribution in [2.75, 3.05) is 13.1 Å². The van der Waals surface area contributed by atoms with E-state index in [0.29, 0.717) is 12.5 Å². The molecular weight excluding hydrogens is 250 g/mol. The molecule has 0 bridgehead atoms. The minimum Gasteiger partial charge on any atom is -0.316 e. The van der Waals surface area contributed by atoms with Crippen molar-refractivity contribution in [1.82, 2.24) is 25.5 Å². The summed E-state index contributed by atoms with van der Waals surface area (Å²) in [5.41, 5.74) is 1.12. The Morgan fingerprint density at radius 1 is 1.33 bits per heavy atom. The number of benzene rings is 1. The highest BCUT2D eigenvalue weighted by atomic mass is 35.5. The molecule has 5 nitrogen and oxygen atoms in total. The molecule has 94 valence electrons. The van der Waals surface area contributed by atoms with Gasteiger partial charge in [-0.05, 0) is 35.9 Å². The Morgan fingerprint density at radius 2 is 2.17 bits per heavy atom. The zero-order valence-corrected chi connectivity index (χ0v) is 10.6. The zero-order valence-electron chi connectivity index (χ0n) is 9.88. The normalized spacial score (nSPS) is 19.3. The summed E-state index contributed by atoms with van der Waals surface area (Å²) < 4.78 is 0. The molecule has 1 unspecified atom stereocenters. The lowest BCUT2D eigenvalue weighted by atomic mass is 10.1. The maximum atomic E-state index is 5.85. The van der Waals surface area contributed by atoms with Crippen LogP contribution in [0.3, 0.4) is 0 Å². The minimum absolute atomic E-state index is 0.406. The van der Waals surface area contributed by atoms with Gasteiger partial charge in [0, 0.05) is 17.5 Å². The van der Waals surface area contributed by atoms with Gasteiger partial charge in [0.1, 0.15) is 0 Å². The summed E-state index contributed by atoms with van der Waals surface area (Å²) in [4.78, 5) is 1.64. The first kappa shape index (κ1) is 11.6. The van der Waals surface area contributed by atoms with Crippen LogP contribution in [0.25, 0.3) is 0 Å². The first-order chi connectivity index (χ1) is 8.81. The summed E-state index contributed by atoms with van der Waals surface area (Å²) in [7, 11) is 0. The molecule has 2 aromatic rings. The van der Waals surface area contributed by atoms with Gasteiger partial charge >= 0.3 is 0 Å². The number of rotatable bonds is 3. The highest BCUT2D eigenvalue weighted by molar-refractivity contribution is 6.30. The number of nitrogens with zero attached hydrogens (tertiary/aromatic N) is 4. The van der Waals surface area contributed by atoms with Crippen LogP contribution in [0.5, 0.6) is 0 Å². The molecule has 0 amide bonds. The Labute approximate surface area is 110 Å². The first-order valence-corrected chi connectivity index (χ1v) is 6.42. The molecule has 2 heterocycles. The summed E-state index contributed by atoms with van der Waals surface area (Å²) in [6.45, 7) is 2.62. The maximum Gasteiger partial charge on any atom is 0.179 e. The fourth-order valence-electron chi connectivity index (χ4n) is 2.11. The smallest absolute Gasteiger partial charge is 0.179 e. The maximum absolute atomic E-state index is 5.85. The predicted molar refractivity (Wildman–Crippen MR) is 68.6 cm³/mol. The van der Waals surface area contributed by atoms with Gasteiger partial charge in [0.25, 0.3) is 0 Å². The third-order valence-electron chi connectivity index (χ3n) is 3.13. The van der Waals surface area contributed by atoms with Gasteiger partial charge in [-0.25, -0.2) is 0 Å². The van der Waals surface area contributed by atoms with E-state index in [2.05, 4.69) is 20.7 Å². The van der Waals surface area contributed by atoms with Crippen molar-refractivity contribution in [3.05, 3.63) is 40.7 Å². The molecule has 1 saturated heterocycles. The molecule has 1 aromatic carbocycles. The van der Waals surface area contributed by atoms with Crippen LogP contribution in [-0.2, 0) is 6.54 Å². The standard InChI is InChI=1S/C12H14ClN5/c13-11-3-1-9(2-4-11)8-18-16-12(15-17-18)10-5-6-14-7-10/h1-4,10,14H,5-8H2. The average Bonchev–Trinajstić information content (AvgIpc) is 3.02. The molecule has 0 saturated carbocycles. The number of tetrazole rings is 1. The van der Waals surface area contributed by atoms with Crippen molar-refractivity contribution in [2.24, 2.45) is 0 Å². The van der Waals surface area contributed by atoms with Gasteiger partial charge < -0.3 is 5.32 Å². The Kier molecular flexibility index (Phi) is 3.25. The van der Waals surface area contributed by atoms with Crippen LogP contribution in [0.1, 0.15) is 23.7 Å². The van der Waals surface area contributed by atoms with E-state index in [1.165, 1.54) is 0 Å². The Balaban J connectivity index is 1.71. The molecule has 1 atom stereocenters. The first-order valence-electron chi connectivity index (χ1n) is 6.04. The topological polar surface area (TPSA) is 55.6 Å². The molecule has 1 N–H and O–H groups in total. The lowest BCUT2D eigenvalue weighted by Crippen LogP contribution is -2.09. The van der Waals surface area contributed by atoms with E-state index in [0.717, 1.165) is 35.9 Å². The quantitative estimate of drug-likeness (QED) is 0.911. The molecule has 3 rings (SSSR count). The monoisotopic (exact) mass is 263 g/mol. The average molecular weight is 264 g/mol. The van der Waals surface area contributed by atoms with Crippen LogP contribution in [0.4, 0.5) is 0 Å². The van der Waals surface area contributed by atoms with E-state index in [1.807, 2.05) is 24.3 Å². The van der Waals surface area contributed by atoms with Gasteiger partial charge in [0.15, 0.2) is 5.82 Å². The second-order valence-electron chi connectivity index (χ2n) is 4.49. The lowest BCUT2D eigenvalue weighted by Gasteiger charge is -2.01. The molecule has 1 aliphatic heterocycles. The summed E-state index contributed by atoms with van der Waals surface area (Å²) in [6.07, 6.45) is 1.09. The number of nitrogens with one attached hydrogen (secondary N) is 1. The summed E-state index contributed by atoms with van der Waals surface area (Å²) >= 11 is 5.85. The van der Waals surface area contributed by atoms with Crippen molar-refractivity contribution in [1.29, 1.82) is 0 Å². The molecule has 18 heavy (non-hydrogen) atoms. The number of hydrogen-bond donors (Lipinski definition) is 1. The van der Waals surface area contributed by atoms with Crippen molar-refractivity contribution in [3.63, 3.8) is 0 Å². The fourth-order valence-corrected chi connectivity index (χ4v) is 2.24. The van der Waals surface area contributed by atoms with E-state index in [1.54, 1.807) is 4.80 Å². The van der Waals surface area contributed by atoms with E-state index in [-0.39, 0.29) is 0 Å². The highest BCUT2D eigenvalue weighted by Crippen LogP contribution is 2.17. The van der Waals surface area contributed by atoms with Gasteiger partial charge in [0.2, 0.25) is 0 Å². The number of halogens is 1. The summed E-state index contributed by atoms with van der Waals surface area (Å²) in [6, 6.07) is 7.69. The zero-order chi connectivity index (χ0) is 12.4. The second kappa shape index (κ2) is 5.04. The van der Waals surface area contributed by atoms with Crippen molar-refractivity contribution >= 4 is 11.6 Å². The van der Waals surface area contributed by atoms with E-state index < -0.39 is 0 Å². The Morgan fingerprint density at radius 3 is 2.89 bits per heavy atom. The SMILES string of the molecule is Clc1ccc(Cn2nnc(C3CCNC3)n2)cc1. The van der Waals surface area contributed by atoms with Gasteiger partial charge in [-0.1, -0.05) is 23.7 Å². The van der Waals surface area contributed by atoms with Crippen LogP contribution in [0.15, 0.2) is 24.3 Å². The second-order valence-corrected chi connectivity index (χ2v) is 4.93. The van der Waals surface area contributed by atoms with E-state index in [9.17, 15) is 0 Å². The van der Waals surface area contributed by atoms with Crippen molar-refractivity contribution < 1.29 is 0 Å². The minimum atomic E-state index is 0.406. The van der Waals surface area contributed by atoms with Gasteiger partial charge in [-0.2, -0.15) is 4.80 Å². The molecule has 1 aliphatic rings. The third-order valence-corrected chi connectivity index (χ3v) is 3.38. The van der Waals surface area contributed by atoms with Crippen molar-refractivity contribution in [3.8, 4) is 0 Å². The fraction of sp³-hybridized carbons (Fsp3) is 0.417. The Bertz CT molecular complexity index is 516. The largest absolute Gasteiger partial charge is 0.316 e. The lowest BCUT2D eigenvalue weighted by molar-refractivity contribution is 0.567. The van der Waals surface area contributed by atoms with E-state index in [4.69, 9.17) is 11.6 Å².